The van der Waals surface area contributed by atoms with Crippen LogP contribution in [0.5, 0.6) is 0 Å². The van der Waals surface area contributed by atoms with Crippen molar-refractivity contribution in [1.82, 2.24) is 4.90 Å². The molecule has 1 unspecified atom stereocenters. The third-order valence-corrected chi connectivity index (χ3v) is 3.27. The van der Waals surface area contributed by atoms with E-state index >= 15 is 0 Å². The fourth-order valence-electron chi connectivity index (χ4n) is 1.82. The van der Waals surface area contributed by atoms with Crippen LogP contribution in [0.4, 0.5) is 4.39 Å². The molecule has 0 aromatic heterocycles. The topological polar surface area (TPSA) is 29.3 Å². The quantitative estimate of drug-likeness (QED) is 0.903. The second-order valence-electron chi connectivity index (χ2n) is 3.76. The van der Waals surface area contributed by atoms with Crippen molar-refractivity contribution < 1.29 is 4.39 Å². The molecule has 0 saturated heterocycles. The molecule has 0 spiro atoms. The van der Waals surface area contributed by atoms with E-state index in [1.807, 2.05) is 13.0 Å². The Morgan fingerprint density at radius 1 is 1.50 bits per heavy atom. The monoisotopic (exact) mass is 288 g/mol. The van der Waals surface area contributed by atoms with Crippen molar-refractivity contribution in [3.05, 3.63) is 34.1 Å². The van der Waals surface area contributed by atoms with E-state index in [1.54, 1.807) is 6.07 Å². The normalized spacial score (nSPS) is 13.1. The predicted molar refractivity (Wildman–Crippen MR) is 68.8 cm³/mol. The van der Waals surface area contributed by atoms with Gasteiger partial charge < -0.3 is 5.73 Å². The second-order valence-corrected chi connectivity index (χ2v) is 4.67. The molecule has 0 aliphatic heterocycles. The molecule has 0 fully saturated rings. The molecular formula is C12H18BrFN2. The number of rotatable bonds is 5. The lowest BCUT2D eigenvalue weighted by Crippen LogP contribution is -2.32. The fourth-order valence-corrected chi connectivity index (χ4v) is 2.20. The lowest BCUT2D eigenvalue weighted by atomic mass is 10.1. The van der Waals surface area contributed by atoms with Crippen molar-refractivity contribution in [3.8, 4) is 0 Å². The van der Waals surface area contributed by atoms with Gasteiger partial charge in [0.05, 0.1) is 0 Å². The van der Waals surface area contributed by atoms with E-state index < -0.39 is 0 Å². The van der Waals surface area contributed by atoms with Crippen molar-refractivity contribution in [2.45, 2.75) is 19.9 Å². The van der Waals surface area contributed by atoms with Crippen LogP contribution in [0.25, 0.3) is 0 Å². The van der Waals surface area contributed by atoms with Crippen molar-refractivity contribution >= 4 is 15.9 Å². The number of halogens is 2. The molecule has 1 aromatic rings. The van der Waals surface area contributed by atoms with Crippen molar-refractivity contribution in [3.63, 3.8) is 0 Å². The van der Waals surface area contributed by atoms with E-state index in [9.17, 15) is 4.39 Å². The van der Waals surface area contributed by atoms with Crippen molar-refractivity contribution in [1.29, 1.82) is 0 Å². The van der Waals surface area contributed by atoms with E-state index in [0.717, 1.165) is 17.6 Å². The molecular weight excluding hydrogens is 271 g/mol. The van der Waals surface area contributed by atoms with Crippen LogP contribution in [0.2, 0.25) is 0 Å². The van der Waals surface area contributed by atoms with E-state index in [0.29, 0.717) is 12.1 Å². The van der Waals surface area contributed by atoms with E-state index in [1.165, 1.54) is 6.07 Å². The highest BCUT2D eigenvalue weighted by molar-refractivity contribution is 9.10. The van der Waals surface area contributed by atoms with Gasteiger partial charge in [0.2, 0.25) is 0 Å². The number of hydrogen-bond donors (Lipinski definition) is 1. The van der Waals surface area contributed by atoms with E-state index in [4.69, 9.17) is 5.73 Å². The Hall–Kier alpha value is -0.450. The van der Waals surface area contributed by atoms with Gasteiger partial charge in [-0.3, -0.25) is 4.90 Å². The highest BCUT2D eigenvalue weighted by Gasteiger charge is 2.17. The molecule has 4 heteroatoms. The summed E-state index contributed by atoms with van der Waals surface area (Å²) in [6.45, 7) is 6.30. The van der Waals surface area contributed by atoms with Gasteiger partial charge in [0, 0.05) is 29.2 Å². The van der Waals surface area contributed by atoms with Crippen LogP contribution in [0.1, 0.15) is 25.5 Å². The van der Waals surface area contributed by atoms with Crippen LogP contribution < -0.4 is 5.73 Å². The minimum atomic E-state index is -0.161. The lowest BCUT2D eigenvalue weighted by molar-refractivity contribution is 0.224. The molecule has 2 N–H and O–H groups in total. The van der Waals surface area contributed by atoms with Gasteiger partial charge in [0.25, 0.3) is 0 Å². The van der Waals surface area contributed by atoms with E-state index in [-0.39, 0.29) is 11.9 Å². The molecule has 0 radical (unpaired) electrons. The molecule has 90 valence electrons. The van der Waals surface area contributed by atoms with Crippen molar-refractivity contribution in [2.75, 3.05) is 19.6 Å². The molecule has 1 rings (SSSR count). The summed E-state index contributed by atoms with van der Waals surface area (Å²) in [5, 5.41) is 0. The van der Waals surface area contributed by atoms with Gasteiger partial charge in [-0.1, -0.05) is 22.9 Å². The summed E-state index contributed by atoms with van der Waals surface area (Å²) in [5.41, 5.74) is 6.26. The lowest BCUT2D eigenvalue weighted by Gasteiger charge is -2.28. The second kappa shape index (κ2) is 6.33. The predicted octanol–water partition coefficient (Wildman–Crippen LogP) is 2.93. The first-order chi connectivity index (χ1) is 7.60. The van der Waals surface area contributed by atoms with Crippen LogP contribution in [0.3, 0.4) is 0 Å². The Bertz CT molecular complexity index is 344. The zero-order chi connectivity index (χ0) is 12.1. The Kier molecular flexibility index (Phi) is 5.38. The first kappa shape index (κ1) is 13.6. The zero-order valence-electron chi connectivity index (χ0n) is 9.71. The largest absolute Gasteiger partial charge is 0.329 e. The molecule has 0 aliphatic carbocycles. The van der Waals surface area contributed by atoms with Crippen LogP contribution >= 0.6 is 15.9 Å². The maximum absolute atomic E-state index is 13.7. The number of nitrogens with zero attached hydrogens (tertiary/aromatic N) is 1. The van der Waals surface area contributed by atoms with Crippen LogP contribution in [0, 0.1) is 5.82 Å². The highest BCUT2D eigenvalue weighted by Crippen LogP contribution is 2.25. The third kappa shape index (κ3) is 3.27. The number of nitrogens with two attached hydrogens (primary N) is 1. The summed E-state index contributed by atoms with van der Waals surface area (Å²) in [7, 11) is 0. The Morgan fingerprint density at radius 2 is 2.19 bits per heavy atom. The molecule has 0 bridgehead atoms. The summed E-state index contributed by atoms with van der Waals surface area (Å²) >= 11 is 3.36. The minimum Gasteiger partial charge on any atom is -0.329 e. The molecule has 1 aromatic carbocycles. The first-order valence-electron chi connectivity index (χ1n) is 5.49. The SMILES string of the molecule is CCN(CCN)C(C)c1cc(Br)ccc1F. The summed E-state index contributed by atoms with van der Waals surface area (Å²) in [6.07, 6.45) is 0. The van der Waals surface area contributed by atoms with Gasteiger partial charge in [-0.05, 0) is 31.7 Å². The summed E-state index contributed by atoms with van der Waals surface area (Å²) < 4.78 is 14.6. The van der Waals surface area contributed by atoms with Crippen molar-refractivity contribution in [2.24, 2.45) is 5.73 Å². The molecule has 0 amide bonds. The average Bonchev–Trinajstić information content (AvgIpc) is 2.28. The van der Waals surface area contributed by atoms with Gasteiger partial charge in [-0.2, -0.15) is 0 Å². The molecule has 0 saturated carbocycles. The third-order valence-electron chi connectivity index (χ3n) is 2.78. The highest BCUT2D eigenvalue weighted by atomic mass is 79.9. The summed E-state index contributed by atoms with van der Waals surface area (Å²) in [5.74, 6) is -0.161. The standard InChI is InChI=1S/C12H18BrFN2/c1-3-16(7-6-15)9(2)11-8-10(13)4-5-12(11)14/h4-5,8-9H,3,6-7,15H2,1-2H3. The minimum absolute atomic E-state index is 0.0473. The number of benzene rings is 1. The zero-order valence-corrected chi connectivity index (χ0v) is 11.3. The van der Waals surface area contributed by atoms with Crippen LogP contribution in [0.15, 0.2) is 22.7 Å². The van der Waals surface area contributed by atoms with Gasteiger partial charge in [-0.25, -0.2) is 4.39 Å². The molecule has 2 nitrogen and oxygen atoms in total. The summed E-state index contributed by atoms with van der Waals surface area (Å²) in [4.78, 5) is 2.16. The van der Waals surface area contributed by atoms with Gasteiger partial charge in [0.15, 0.2) is 0 Å². The smallest absolute Gasteiger partial charge is 0.128 e. The number of likely N-dealkylation sites (N-methyl/N-ethyl adjacent to an activating group) is 1. The summed E-state index contributed by atoms with van der Waals surface area (Å²) in [6, 6.07) is 5.09. The maximum Gasteiger partial charge on any atom is 0.128 e. The maximum atomic E-state index is 13.7. The fraction of sp³-hybridized carbons (Fsp3) is 0.500. The van der Waals surface area contributed by atoms with Crippen LogP contribution in [-0.4, -0.2) is 24.5 Å². The first-order valence-corrected chi connectivity index (χ1v) is 6.28. The van der Waals surface area contributed by atoms with Crippen LogP contribution in [-0.2, 0) is 0 Å². The van der Waals surface area contributed by atoms with Gasteiger partial charge >= 0.3 is 0 Å². The average molecular weight is 289 g/mol. The Labute approximate surface area is 105 Å². The molecule has 16 heavy (non-hydrogen) atoms. The Morgan fingerprint density at radius 3 is 2.75 bits per heavy atom. The van der Waals surface area contributed by atoms with E-state index in [2.05, 4.69) is 27.8 Å². The van der Waals surface area contributed by atoms with Gasteiger partial charge in [-0.15, -0.1) is 0 Å². The number of hydrogen-bond acceptors (Lipinski definition) is 2. The Balaban J connectivity index is 2.93. The van der Waals surface area contributed by atoms with Gasteiger partial charge in [0.1, 0.15) is 5.82 Å². The molecule has 1 atom stereocenters. The molecule has 0 aliphatic rings. The molecule has 0 heterocycles.